The molecule has 2 N–H and O–H groups in total. The topological polar surface area (TPSA) is 113 Å². The predicted octanol–water partition coefficient (Wildman–Crippen LogP) is 1.83. The molecular formula is C13H12ClN5O3S. The summed E-state index contributed by atoms with van der Waals surface area (Å²) < 4.78 is 26.6. The minimum absolute atomic E-state index is 0.0208. The highest BCUT2D eigenvalue weighted by atomic mass is 35.5. The number of carbonyl (C=O) groups excluding carboxylic acids is 1. The fraction of sp³-hybridized carbons (Fsp3) is 0.0769. The summed E-state index contributed by atoms with van der Waals surface area (Å²) in [6.45, 7) is 1.28. The maximum absolute atomic E-state index is 12.2. The fourth-order valence-electron chi connectivity index (χ4n) is 1.43. The number of benzene rings is 1. The van der Waals surface area contributed by atoms with Gasteiger partial charge in [-0.15, -0.1) is 0 Å². The van der Waals surface area contributed by atoms with Crippen molar-refractivity contribution in [2.24, 2.45) is 5.10 Å². The van der Waals surface area contributed by atoms with E-state index in [2.05, 4.69) is 25.2 Å². The Balaban J connectivity index is 2.12. The van der Waals surface area contributed by atoms with Gasteiger partial charge in [-0.3, -0.25) is 10.2 Å². The molecule has 0 saturated carbocycles. The smallest absolute Gasteiger partial charge is 0.264 e. The average Bonchev–Trinajstić information content (AvgIpc) is 2.53. The summed E-state index contributed by atoms with van der Waals surface area (Å²) in [6.07, 6.45) is 2.85. The Morgan fingerprint density at radius 3 is 2.35 bits per heavy atom. The number of rotatable bonds is 6. The third-order valence-electron chi connectivity index (χ3n) is 2.53. The zero-order valence-electron chi connectivity index (χ0n) is 11.9. The quantitative estimate of drug-likeness (QED) is 0.605. The van der Waals surface area contributed by atoms with Gasteiger partial charge in [0.25, 0.3) is 10.0 Å². The van der Waals surface area contributed by atoms with Crippen molar-refractivity contribution in [3.63, 3.8) is 0 Å². The summed E-state index contributed by atoms with van der Waals surface area (Å²) in [6, 6.07) is 7.27. The molecule has 0 aliphatic rings. The number of aromatic nitrogens is 2. The molecule has 23 heavy (non-hydrogen) atoms. The maximum atomic E-state index is 12.2. The van der Waals surface area contributed by atoms with Gasteiger partial charge in [0, 0.05) is 19.3 Å². The lowest BCUT2D eigenvalue weighted by Gasteiger charge is -2.07. The van der Waals surface area contributed by atoms with Crippen LogP contribution in [0.15, 0.2) is 52.7 Å². The summed E-state index contributed by atoms with van der Waals surface area (Å²) in [5, 5.41) is 3.45. The molecule has 0 unspecified atom stereocenters. The van der Waals surface area contributed by atoms with E-state index >= 15 is 0 Å². The van der Waals surface area contributed by atoms with Gasteiger partial charge >= 0.3 is 0 Å². The summed E-state index contributed by atoms with van der Waals surface area (Å²) in [5.74, 6) is -0.405. The van der Waals surface area contributed by atoms with Gasteiger partial charge in [0.2, 0.25) is 5.95 Å². The first-order chi connectivity index (χ1) is 10.9. The van der Waals surface area contributed by atoms with Gasteiger partial charge in [-0.1, -0.05) is 11.6 Å². The number of hydrogen-bond donors (Lipinski definition) is 2. The molecule has 0 bridgehead atoms. The third kappa shape index (κ3) is 4.73. The molecule has 8 nitrogen and oxygen atoms in total. The van der Waals surface area contributed by atoms with Crippen LogP contribution in [0.3, 0.4) is 0 Å². The molecule has 0 aliphatic heterocycles. The molecule has 1 heterocycles. The lowest BCUT2D eigenvalue weighted by Crippen LogP contribution is -2.14. The molecule has 120 valence electrons. The first kappa shape index (κ1) is 16.8. The molecule has 1 aromatic heterocycles. The van der Waals surface area contributed by atoms with Crippen LogP contribution in [0.4, 0.5) is 11.6 Å². The van der Waals surface area contributed by atoms with Gasteiger partial charge in [0.1, 0.15) is 0 Å². The van der Waals surface area contributed by atoms with Gasteiger partial charge in [0.05, 0.1) is 10.6 Å². The van der Waals surface area contributed by atoms with Crippen molar-refractivity contribution >= 4 is 44.2 Å². The van der Waals surface area contributed by atoms with Crippen LogP contribution in [0, 0.1) is 0 Å². The number of hydrazone groups is 1. The number of sulfonamides is 1. The van der Waals surface area contributed by atoms with E-state index in [0.717, 1.165) is 0 Å². The Bertz CT molecular complexity index is 822. The third-order valence-corrected chi connectivity index (χ3v) is 4.22. The van der Waals surface area contributed by atoms with Crippen LogP contribution >= 0.6 is 11.6 Å². The molecule has 10 heteroatoms. The number of hydrogen-bond acceptors (Lipinski definition) is 7. The zero-order chi connectivity index (χ0) is 16.9. The summed E-state index contributed by atoms with van der Waals surface area (Å²) >= 11 is 5.58. The minimum atomic E-state index is -3.79. The molecule has 0 aliphatic carbocycles. The molecular weight excluding hydrogens is 342 g/mol. The Hall–Kier alpha value is -2.52. The number of carbonyl (C=O) groups is 1. The van der Waals surface area contributed by atoms with Gasteiger partial charge in [-0.2, -0.15) is 5.10 Å². The Morgan fingerprint density at radius 2 is 1.78 bits per heavy atom. The van der Waals surface area contributed by atoms with Gasteiger partial charge < -0.3 is 0 Å². The van der Waals surface area contributed by atoms with E-state index in [1.165, 1.54) is 43.6 Å². The Kier molecular flexibility index (Phi) is 5.24. The predicted molar refractivity (Wildman–Crippen MR) is 86.9 cm³/mol. The van der Waals surface area contributed by atoms with E-state index in [4.69, 9.17) is 11.6 Å². The van der Waals surface area contributed by atoms with E-state index < -0.39 is 10.0 Å². The Morgan fingerprint density at radius 1 is 1.17 bits per heavy atom. The molecule has 2 rings (SSSR count). The standard InChI is InChI=1S/C13H12ClN5O3S/c1-9(20)12(14)18-17-10-3-5-11(6-4-10)23(21,22)19-13-15-7-2-8-16-13/h2-8,17H,1H3,(H,15,16,19)/b18-12-. The number of halogens is 1. The van der Waals surface area contributed by atoms with Crippen LogP contribution < -0.4 is 10.1 Å². The molecule has 0 radical (unpaired) electrons. The van der Waals surface area contributed by atoms with Crippen molar-refractivity contribution in [3.05, 3.63) is 42.7 Å². The van der Waals surface area contributed by atoms with E-state index in [9.17, 15) is 13.2 Å². The van der Waals surface area contributed by atoms with Crippen LogP contribution in [0.25, 0.3) is 0 Å². The normalized spacial score (nSPS) is 11.8. The van der Waals surface area contributed by atoms with Crippen molar-refractivity contribution < 1.29 is 13.2 Å². The van der Waals surface area contributed by atoms with Crippen molar-refractivity contribution in [1.29, 1.82) is 0 Å². The average molecular weight is 354 g/mol. The number of Topliss-reactive ketones (excluding diaryl/α,β-unsaturated/α-hetero) is 1. The van der Waals surface area contributed by atoms with E-state index in [1.54, 1.807) is 6.07 Å². The lowest BCUT2D eigenvalue weighted by atomic mass is 10.3. The summed E-state index contributed by atoms with van der Waals surface area (Å²) in [7, 11) is -3.79. The van der Waals surface area contributed by atoms with Crippen LogP contribution in [0.2, 0.25) is 0 Å². The molecule has 0 fully saturated rings. The van der Waals surface area contributed by atoms with Crippen molar-refractivity contribution in [1.82, 2.24) is 9.97 Å². The summed E-state index contributed by atoms with van der Waals surface area (Å²) in [4.78, 5) is 18.5. The highest BCUT2D eigenvalue weighted by molar-refractivity contribution is 7.92. The van der Waals surface area contributed by atoms with Crippen molar-refractivity contribution in [2.75, 3.05) is 10.1 Å². The second-order valence-electron chi connectivity index (χ2n) is 4.27. The van der Waals surface area contributed by atoms with Crippen molar-refractivity contribution in [3.8, 4) is 0 Å². The van der Waals surface area contributed by atoms with E-state index in [0.29, 0.717) is 5.69 Å². The van der Waals surface area contributed by atoms with Crippen molar-refractivity contribution in [2.45, 2.75) is 11.8 Å². The van der Waals surface area contributed by atoms with E-state index in [-0.39, 0.29) is 21.8 Å². The molecule has 0 atom stereocenters. The highest BCUT2D eigenvalue weighted by Gasteiger charge is 2.15. The molecule has 0 saturated heterocycles. The SMILES string of the molecule is CC(=O)/C(Cl)=N/Nc1ccc(S(=O)(=O)Nc2ncccn2)cc1. The zero-order valence-corrected chi connectivity index (χ0v) is 13.5. The molecule has 0 spiro atoms. The fourth-order valence-corrected chi connectivity index (χ4v) is 2.43. The van der Waals surface area contributed by atoms with Gasteiger partial charge in [0.15, 0.2) is 11.0 Å². The van der Waals surface area contributed by atoms with Gasteiger partial charge in [-0.05, 0) is 30.3 Å². The molecule has 0 amide bonds. The first-order valence-electron chi connectivity index (χ1n) is 6.28. The Labute approximate surface area is 137 Å². The number of ketones is 1. The number of anilines is 2. The van der Waals surface area contributed by atoms with Crippen LogP contribution in [-0.2, 0) is 14.8 Å². The van der Waals surface area contributed by atoms with E-state index in [1.807, 2.05) is 0 Å². The molecule has 2 aromatic rings. The second-order valence-corrected chi connectivity index (χ2v) is 6.31. The largest absolute Gasteiger partial charge is 0.292 e. The summed E-state index contributed by atoms with van der Waals surface area (Å²) in [5.41, 5.74) is 3.02. The monoisotopic (exact) mass is 353 g/mol. The molecule has 1 aromatic carbocycles. The number of nitrogens with zero attached hydrogens (tertiary/aromatic N) is 3. The van der Waals surface area contributed by atoms with Crippen LogP contribution in [0.5, 0.6) is 0 Å². The number of nitrogens with one attached hydrogen (secondary N) is 2. The van der Waals surface area contributed by atoms with Crippen LogP contribution in [0.1, 0.15) is 6.92 Å². The lowest BCUT2D eigenvalue weighted by molar-refractivity contribution is -0.110. The first-order valence-corrected chi connectivity index (χ1v) is 8.14. The second kappa shape index (κ2) is 7.16. The van der Waals surface area contributed by atoms with Crippen LogP contribution in [-0.4, -0.2) is 29.3 Å². The van der Waals surface area contributed by atoms with Gasteiger partial charge in [-0.25, -0.2) is 23.1 Å². The maximum Gasteiger partial charge on any atom is 0.264 e. The highest BCUT2D eigenvalue weighted by Crippen LogP contribution is 2.16. The minimum Gasteiger partial charge on any atom is -0.292 e.